The monoisotopic (exact) mass is 267 g/mol. The highest BCUT2D eigenvalue weighted by Crippen LogP contribution is 2.28. The van der Waals surface area contributed by atoms with E-state index in [1.165, 1.54) is 12.1 Å². The quantitative estimate of drug-likeness (QED) is 0.907. The molecule has 104 valence electrons. The molecule has 19 heavy (non-hydrogen) atoms. The Hall–Kier alpha value is -1.46. The minimum Gasteiger partial charge on any atom is -0.480 e. The molecule has 1 aromatic rings. The Morgan fingerprint density at radius 2 is 2.42 bits per heavy atom. The molecule has 1 aromatic carbocycles. The van der Waals surface area contributed by atoms with Gasteiger partial charge in [-0.1, -0.05) is 19.1 Å². The van der Waals surface area contributed by atoms with Gasteiger partial charge in [-0.3, -0.25) is 9.69 Å². The van der Waals surface area contributed by atoms with E-state index in [9.17, 15) is 14.3 Å². The molecule has 0 aromatic heterocycles. The predicted octanol–water partition coefficient (Wildman–Crippen LogP) is 2.06. The van der Waals surface area contributed by atoms with Crippen molar-refractivity contribution in [3.63, 3.8) is 0 Å². The Balaban J connectivity index is 2.26. The molecule has 1 aliphatic heterocycles. The molecule has 5 heteroatoms. The maximum Gasteiger partial charge on any atom is 0.323 e. The summed E-state index contributed by atoms with van der Waals surface area (Å²) in [6.45, 7) is 3.21. The van der Waals surface area contributed by atoms with Crippen molar-refractivity contribution >= 4 is 5.97 Å². The Kier molecular flexibility index (Phi) is 4.50. The molecule has 1 aliphatic rings. The Bertz CT molecular complexity index is 452. The first kappa shape index (κ1) is 14.0. The summed E-state index contributed by atoms with van der Waals surface area (Å²) >= 11 is 0. The normalized spacial score (nSPS) is 22.1. The van der Waals surface area contributed by atoms with Crippen molar-refractivity contribution in [2.24, 2.45) is 0 Å². The van der Waals surface area contributed by atoms with Crippen LogP contribution in [0.2, 0.25) is 0 Å². The third-order valence-corrected chi connectivity index (χ3v) is 3.48. The number of carboxylic acid groups (broad SMARTS) is 1. The average molecular weight is 267 g/mol. The van der Waals surface area contributed by atoms with Gasteiger partial charge in [-0.25, -0.2) is 4.39 Å². The number of carbonyl (C=O) groups is 1. The van der Waals surface area contributed by atoms with E-state index in [0.29, 0.717) is 13.2 Å². The SMILES string of the molecule is CCC(c1cccc(F)c1)N1CCOCC1C(=O)O. The molecule has 0 aliphatic carbocycles. The van der Waals surface area contributed by atoms with Crippen LogP contribution in [-0.2, 0) is 9.53 Å². The van der Waals surface area contributed by atoms with Gasteiger partial charge >= 0.3 is 5.97 Å². The van der Waals surface area contributed by atoms with E-state index >= 15 is 0 Å². The molecule has 1 fully saturated rings. The summed E-state index contributed by atoms with van der Waals surface area (Å²) in [6, 6.07) is 5.60. The molecule has 0 spiro atoms. The Morgan fingerprint density at radius 3 is 3.05 bits per heavy atom. The third kappa shape index (κ3) is 3.11. The molecule has 0 bridgehead atoms. The second-order valence-electron chi connectivity index (χ2n) is 4.65. The molecule has 0 radical (unpaired) electrons. The minimum atomic E-state index is -0.894. The van der Waals surface area contributed by atoms with Crippen LogP contribution in [0.4, 0.5) is 4.39 Å². The number of morpholine rings is 1. The van der Waals surface area contributed by atoms with Crippen LogP contribution in [0.25, 0.3) is 0 Å². The van der Waals surface area contributed by atoms with Crippen LogP contribution in [0.1, 0.15) is 24.9 Å². The Morgan fingerprint density at radius 1 is 1.63 bits per heavy atom. The zero-order valence-corrected chi connectivity index (χ0v) is 10.9. The van der Waals surface area contributed by atoms with E-state index in [2.05, 4.69) is 0 Å². The fraction of sp³-hybridized carbons (Fsp3) is 0.500. The van der Waals surface area contributed by atoms with Crippen LogP contribution in [0.5, 0.6) is 0 Å². The van der Waals surface area contributed by atoms with E-state index in [-0.39, 0.29) is 18.5 Å². The molecular formula is C14H18FNO3. The van der Waals surface area contributed by atoms with E-state index in [0.717, 1.165) is 12.0 Å². The van der Waals surface area contributed by atoms with Crippen LogP contribution in [0.15, 0.2) is 24.3 Å². The van der Waals surface area contributed by atoms with Gasteiger partial charge in [-0.15, -0.1) is 0 Å². The van der Waals surface area contributed by atoms with Gasteiger partial charge in [-0.05, 0) is 24.1 Å². The minimum absolute atomic E-state index is 0.0966. The number of hydrogen-bond donors (Lipinski definition) is 1. The van der Waals surface area contributed by atoms with Crippen molar-refractivity contribution < 1.29 is 19.0 Å². The second kappa shape index (κ2) is 6.12. The zero-order chi connectivity index (χ0) is 13.8. The van der Waals surface area contributed by atoms with Crippen LogP contribution in [0, 0.1) is 5.82 Å². The number of hydrogen-bond acceptors (Lipinski definition) is 3. The van der Waals surface area contributed by atoms with Gasteiger partial charge in [0.15, 0.2) is 0 Å². The number of rotatable bonds is 4. The highest BCUT2D eigenvalue weighted by atomic mass is 19.1. The lowest BCUT2D eigenvalue weighted by Crippen LogP contribution is -2.51. The van der Waals surface area contributed by atoms with Gasteiger partial charge in [0, 0.05) is 12.6 Å². The largest absolute Gasteiger partial charge is 0.480 e. The van der Waals surface area contributed by atoms with Gasteiger partial charge in [0.05, 0.1) is 13.2 Å². The molecule has 4 nitrogen and oxygen atoms in total. The van der Waals surface area contributed by atoms with Gasteiger partial charge in [0.25, 0.3) is 0 Å². The van der Waals surface area contributed by atoms with Gasteiger partial charge in [-0.2, -0.15) is 0 Å². The summed E-state index contributed by atoms with van der Waals surface area (Å²) in [4.78, 5) is 13.2. The lowest BCUT2D eigenvalue weighted by Gasteiger charge is -2.38. The van der Waals surface area contributed by atoms with Gasteiger partial charge in [0.1, 0.15) is 11.9 Å². The van der Waals surface area contributed by atoms with Crippen LogP contribution < -0.4 is 0 Å². The highest BCUT2D eigenvalue weighted by Gasteiger charge is 2.34. The van der Waals surface area contributed by atoms with Gasteiger partial charge < -0.3 is 9.84 Å². The van der Waals surface area contributed by atoms with Gasteiger partial charge in [0.2, 0.25) is 0 Å². The first-order valence-corrected chi connectivity index (χ1v) is 6.45. The third-order valence-electron chi connectivity index (χ3n) is 3.48. The number of nitrogens with zero attached hydrogens (tertiary/aromatic N) is 1. The molecular weight excluding hydrogens is 249 g/mol. The first-order chi connectivity index (χ1) is 9.13. The molecule has 2 rings (SSSR count). The van der Waals surface area contributed by atoms with E-state index in [1.54, 1.807) is 6.07 Å². The predicted molar refractivity (Wildman–Crippen MR) is 68.4 cm³/mol. The van der Waals surface area contributed by atoms with E-state index in [4.69, 9.17) is 4.74 Å². The molecule has 0 amide bonds. The maximum atomic E-state index is 13.3. The zero-order valence-electron chi connectivity index (χ0n) is 10.9. The van der Waals surface area contributed by atoms with Crippen LogP contribution in [0.3, 0.4) is 0 Å². The van der Waals surface area contributed by atoms with Crippen molar-refractivity contribution in [1.29, 1.82) is 0 Å². The lowest BCUT2D eigenvalue weighted by atomic mass is 10.00. The molecule has 2 atom stereocenters. The van der Waals surface area contributed by atoms with E-state index < -0.39 is 12.0 Å². The number of ether oxygens (including phenoxy) is 1. The number of aliphatic carboxylic acids is 1. The molecule has 1 saturated heterocycles. The highest BCUT2D eigenvalue weighted by molar-refractivity contribution is 5.73. The summed E-state index contributed by atoms with van der Waals surface area (Å²) in [5, 5.41) is 9.26. The van der Waals surface area contributed by atoms with E-state index in [1.807, 2.05) is 17.9 Å². The fourth-order valence-corrected chi connectivity index (χ4v) is 2.58. The van der Waals surface area contributed by atoms with Crippen molar-refractivity contribution in [2.75, 3.05) is 19.8 Å². The molecule has 0 saturated carbocycles. The summed E-state index contributed by atoms with van der Waals surface area (Å²) in [6.07, 6.45) is 0.729. The van der Waals surface area contributed by atoms with Crippen molar-refractivity contribution in [3.8, 4) is 0 Å². The topological polar surface area (TPSA) is 49.8 Å². The summed E-state index contributed by atoms with van der Waals surface area (Å²) in [5.74, 6) is -1.19. The summed E-state index contributed by atoms with van der Waals surface area (Å²) in [7, 11) is 0. The van der Waals surface area contributed by atoms with Crippen molar-refractivity contribution in [1.82, 2.24) is 4.90 Å². The van der Waals surface area contributed by atoms with Crippen LogP contribution >= 0.6 is 0 Å². The fourth-order valence-electron chi connectivity index (χ4n) is 2.58. The number of carboxylic acids is 1. The van der Waals surface area contributed by atoms with Crippen molar-refractivity contribution in [3.05, 3.63) is 35.6 Å². The standard InChI is InChI=1S/C14H18FNO3/c1-2-12(10-4-3-5-11(15)8-10)16-6-7-19-9-13(16)14(17)18/h3-5,8,12-13H,2,6-7,9H2,1H3,(H,17,18). The Labute approximate surface area is 111 Å². The number of halogens is 1. The first-order valence-electron chi connectivity index (χ1n) is 6.45. The lowest BCUT2D eigenvalue weighted by molar-refractivity contribution is -0.151. The second-order valence-corrected chi connectivity index (χ2v) is 4.65. The molecule has 1 heterocycles. The molecule has 1 N–H and O–H groups in total. The maximum absolute atomic E-state index is 13.3. The van der Waals surface area contributed by atoms with Crippen molar-refractivity contribution in [2.45, 2.75) is 25.4 Å². The smallest absolute Gasteiger partial charge is 0.323 e. The summed E-state index contributed by atoms with van der Waals surface area (Å²) < 4.78 is 18.6. The molecule has 2 unspecified atom stereocenters. The van der Waals surface area contributed by atoms with Crippen LogP contribution in [-0.4, -0.2) is 41.8 Å². The number of benzene rings is 1. The average Bonchev–Trinajstić information content (AvgIpc) is 2.40. The summed E-state index contributed by atoms with van der Waals surface area (Å²) in [5.41, 5.74) is 0.815.